The summed E-state index contributed by atoms with van der Waals surface area (Å²) in [7, 11) is 0. The molecule has 0 aliphatic heterocycles. The Hall–Kier alpha value is 0.110. The third kappa shape index (κ3) is 2.45. The van der Waals surface area contributed by atoms with Crippen molar-refractivity contribution in [1.29, 1.82) is 0 Å². The summed E-state index contributed by atoms with van der Waals surface area (Å²) >= 11 is 4.07. The number of anilines is 1. The smallest absolute Gasteiger partial charge is 0.0449 e. The zero-order valence-corrected chi connectivity index (χ0v) is 7.70. The number of nitrogens with two attached hydrogens (primary N) is 1. The Balaban J connectivity index is 0.000000640. The van der Waals surface area contributed by atoms with Gasteiger partial charge in [-0.3, -0.25) is 0 Å². The maximum absolute atomic E-state index is 5.44. The molecule has 1 aromatic carbocycles. The van der Waals surface area contributed by atoms with Gasteiger partial charge in [0.2, 0.25) is 0 Å². The van der Waals surface area contributed by atoms with Crippen LogP contribution in [-0.2, 0) is 22.4 Å². The molecular weight excluding hydrogens is 315 g/mol. The first-order valence-corrected chi connectivity index (χ1v) is 2.79. The molecular formula is C6H7AuNS. The normalized spacial score (nSPS) is 8.11. The van der Waals surface area contributed by atoms with Crippen LogP contribution < -0.4 is 5.73 Å². The molecule has 0 spiro atoms. The molecule has 0 heterocycles. The molecule has 0 amide bonds. The van der Waals surface area contributed by atoms with Crippen molar-refractivity contribution in [3.05, 3.63) is 24.3 Å². The predicted octanol–water partition coefficient (Wildman–Crippen LogP) is 1.55. The van der Waals surface area contributed by atoms with E-state index in [1.54, 1.807) is 0 Å². The van der Waals surface area contributed by atoms with Crippen molar-refractivity contribution in [2.75, 3.05) is 5.73 Å². The Morgan fingerprint density at radius 2 is 1.78 bits per heavy atom. The van der Waals surface area contributed by atoms with Gasteiger partial charge in [-0.05, 0) is 12.1 Å². The van der Waals surface area contributed by atoms with Crippen molar-refractivity contribution in [1.82, 2.24) is 0 Å². The summed E-state index contributed by atoms with van der Waals surface area (Å²) in [4.78, 5) is 0.840. The van der Waals surface area contributed by atoms with Gasteiger partial charge in [-0.1, -0.05) is 12.1 Å². The fraction of sp³-hybridized carbons (Fsp3) is 0. The van der Waals surface area contributed by atoms with Crippen LogP contribution in [0.5, 0.6) is 0 Å². The summed E-state index contributed by atoms with van der Waals surface area (Å²) in [5.74, 6) is 0. The van der Waals surface area contributed by atoms with Gasteiger partial charge >= 0.3 is 0 Å². The Morgan fingerprint density at radius 1 is 1.22 bits per heavy atom. The van der Waals surface area contributed by atoms with Crippen molar-refractivity contribution < 1.29 is 22.4 Å². The number of hydrogen-bond acceptors (Lipinski definition) is 2. The van der Waals surface area contributed by atoms with Crippen LogP contribution in [-0.4, -0.2) is 0 Å². The van der Waals surface area contributed by atoms with Gasteiger partial charge in [0, 0.05) is 33.0 Å². The minimum atomic E-state index is 0. The standard InChI is InChI=1S/C6H7NS.Au/c7-5-3-1-2-4-6(5)8;/h1-4,8H,7H2;. The van der Waals surface area contributed by atoms with E-state index < -0.39 is 0 Å². The Labute approximate surface area is 75.6 Å². The molecule has 0 bridgehead atoms. The summed E-state index contributed by atoms with van der Waals surface area (Å²) < 4.78 is 0. The fourth-order valence-electron chi connectivity index (χ4n) is 0.488. The Bertz CT molecular complexity index is 169. The van der Waals surface area contributed by atoms with Gasteiger partial charge in [-0.15, -0.1) is 12.6 Å². The Morgan fingerprint density at radius 3 is 2.11 bits per heavy atom. The van der Waals surface area contributed by atoms with Gasteiger partial charge in [-0.25, -0.2) is 0 Å². The van der Waals surface area contributed by atoms with Crippen molar-refractivity contribution in [3.63, 3.8) is 0 Å². The van der Waals surface area contributed by atoms with E-state index in [1.165, 1.54) is 0 Å². The molecule has 9 heavy (non-hydrogen) atoms. The molecule has 1 radical (unpaired) electrons. The molecule has 0 fully saturated rings. The van der Waals surface area contributed by atoms with Gasteiger partial charge in [0.05, 0.1) is 0 Å². The SMILES string of the molecule is Nc1ccccc1S.[Au]. The molecule has 3 heteroatoms. The van der Waals surface area contributed by atoms with E-state index in [0.717, 1.165) is 10.6 Å². The number of rotatable bonds is 0. The second kappa shape index (κ2) is 4.01. The summed E-state index contributed by atoms with van der Waals surface area (Å²) in [6.07, 6.45) is 0. The second-order valence-corrected chi connectivity index (χ2v) is 2.04. The van der Waals surface area contributed by atoms with E-state index in [2.05, 4.69) is 12.6 Å². The molecule has 2 N–H and O–H groups in total. The predicted molar refractivity (Wildman–Crippen MR) is 38.1 cm³/mol. The maximum Gasteiger partial charge on any atom is 0.0449 e. The van der Waals surface area contributed by atoms with Crippen LogP contribution in [0.15, 0.2) is 29.2 Å². The largest absolute Gasteiger partial charge is 0.398 e. The van der Waals surface area contributed by atoms with Crippen LogP contribution >= 0.6 is 12.6 Å². The third-order valence-electron chi connectivity index (χ3n) is 0.937. The zero-order valence-electron chi connectivity index (χ0n) is 4.64. The quantitative estimate of drug-likeness (QED) is 0.423. The minimum Gasteiger partial charge on any atom is -0.398 e. The molecule has 0 saturated heterocycles. The molecule has 0 saturated carbocycles. The first-order chi connectivity index (χ1) is 3.80. The van der Waals surface area contributed by atoms with Gasteiger partial charge in [-0.2, -0.15) is 0 Å². The van der Waals surface area contributed by atoms with Crippen molar-refractivity contribution >= 4 is 18.3 Å². The summed E-state index contributed by atoms with van der Waals surface area (Å²) in [6, 6.07) is 7.47. The van der Waals surface area contributed by atoms with Gasteiger partial charge in [0.1, 0.15) is 0 Å². The second-order valence-electron chi connectivity index (χ2n) is 1.56. The summed E-state index contributed by atoms with van der Waals surface area (Å²) in [6.45, 7) is 0. The van der Waals surface area contributed by atoms with Crippen LogP contribution in [0.1, 0.15) is 0 Å². The van der Waals surface area contributed by atoms with Crippen LogP contribution in [0.4, 0.5) is 5.69 Å². The first kappa shape index (κ1) is 9.11. The molecule has 53 valence electrons. The molecule has 0 unspecified atom stereocenters. The van der Waals surface area contributed by atoms with Crippen molar-refractivity contribution in [2.45, 2.75) is 4.90 Å². The van der Waals surface area contributed by atoms with Crippen molar-refractivity contribution in [3.8, 4) is 0 Å². The molecule has 0 aliphatic carbocycles. The Kier molecular flexibility index (Phi) is 4.06. The van der Waals surface area contributed by atoms with Gasteiger partial charge in [0.25, 0.3) is 0 Å². The first-order valence-electron chi connectivity index (χ1n) is 2.34. The fourth-order valence-corrected chi connectivity index (χ4v) is 0.648. The van der Waals surface area contributed by atoms with Gasteiger partial charge < -0.3 is 5.73 Å². The molecule has 1 aromatic rings. The van der Waals surface area contributed by atoms with E-state index >= 15 is 0 Å². The number of benzene rings is 1. The van der Waals surface area contributed by atoms with Crippen LogP contribution in [0.2, 0.25) is 0 Å². The van der Waals surface area contributed by atoms with E-state index in [9.17, 15) is 0 Å². The molecule has 0 aliphatic rings. The zero-order chi connectivity index (χ0) is 5.98. The number of thiol groups is 1. The van der Waals surface area contributed by atoms with E-state index in [-0.39, 0.29) is 22.4 Å². The van der Waals surface area contributed by atoms with Crippen LogP contribution in [0, 0.1) is 0 Å². The van der Waals surface area contributed by atoms with Crippen molar-refractivity contribution in [2.24, 2.45) is 0 Å². The summed E-state index contributed by atoms with van der Waals surface area (Å²) in [5, 5.41) is 0. The van der Waals surface area contributed by atoms with Gasteiger partial charge in [0.15, 0.2) is 0 Å². The monoisotopic (exact) mass is 322 g/mol. The average Bonchev–Trinajstić information content (AvgIpc) is 1.77. The topological polar surface area (TPSA) is 26.0 Å². The third-order valence-corrected chi connectivity index (χ3v) is 1.34. The molecule has 0 aromatic heterocycles. The average molecular weight is 322 g/mol. The van der Waals surface area contributed by atoms with E-state index in [1.807, 2.05) is 24.3 Å². The summed E-state index contributed by atoms with van der Waals surface area (Å²) in [5.41, 5.74) is 6.18. The van der Waals surface area contributed by atoms with E-state index in [0.29, 0.717) is 0 Å². The van der Waals surface area contributed by atoms with E-state index in [4.69, 9.17) is 5.73 Å². The molecule has 1 rings (SSSR count). The maximum atomic E-state index is 5.44. The number of hydrogen-bond donors (Lipinski definition) is 2. The number of para-hydroxylation sites is 1. The van der Waals surface area contributed by atoms with Crippen LogP contribution in [0.25, 0.3) is 0 Å². The molecule has 1 nitrogen and oxygen atoms in total. The number of nitrogen functional groups attached to an aromatic ring is 1. The molecule has 0 atom stereocenters. The van der Waals surface area contributed by atoms with Crippen LogP contribution in [0.3, 0.4) is 0 Å². The minimum absolute atomic E-state index is 0.